The molecule has 0 saturated heterocycles. The first-order valence-corrected chi connectivity index (χ1v) is 10.3. The highest BCUT2D eigenvalue weighted by Crippen LogP contribution is 2.31. The fraction of sp³-hybridized carbons (Fsp3) is 0.227. The van der Waals surface area contributed by atoms with E-state index in [9.17, 15) is 9.59 Å². The Labute approximate surface area is 177 Å². The molecule has 1 amide bonds. The van der Waals surface area contributed by atoms with Crippen molar-refractivity contribution in [1.29, 1.82) is 0 Å². The molecule has 7 nitrogen and oxygen atoms in total. The Balaban J connectivity index is 1.30. The molecule has 1 aromatic heterocycles. The molecule has 4 rings (SSSR count). The van der Waals surface area contributed by atoms with Crippen LogP contribution in [0.1, 0.15) is 26.6 Å². The van der Waals surface area contributed by atoms with Gasteiger partial charge in [-0.05, 0) is 36.8 Å². The second-order valence-electron chi connectivity index (χ2n) is 6.71. The second-order valence-corrected chi connectivity index (χ2v) is 7.65. The molecule has 0 radical (unpaired) electrons. The van der Waals surface area contributed by atoms with Gasteiger partial charge in [0.1, 0.15) is 24.8 Å². The Kier molecular flexibility index (Phi) is 5.94. The smallest absolute Gasteiger partial charge is 0.338 e. The average Bonchev–Trinajstić information content (AvgIpc) is 3.20. The van der Waals surface area contributed by atoms with Gasteiger partial charge in [-0.1, -0.05) is 18.2 Å². The number of rotatable bonds is 6. The lowest BCUT2D eigenvalue weighted by molar-refractivity contribution is -0.115. The number of nitrogens with zero attached hydrogens (tertiary/aromatic N) is 1. The maximum Gasteiger partial charge on any atom is 0.338 e. The van der Waals surface area contributed by atoms with Crippen LogP contribution in [0.5, 0.6) is 11.5 Å². The number of carbonyl (C=O) groups excluding carboxylic acids is 2. The number of anilines is 1. The van der Waals surface area contributed by atoms with Crippen LogP contribution in [0.3, 0.4) is 0 Å². The number of nitrogens with one attached hydrogen (secondary N) is 1. The van der Waals surface area contributed by atoms with Crippen LogP contribution >= 0.6 is 11.3 Å². The standard InChI is InChI=1S/C22H20N2O5S/c1-14-4-2-3-5-17(14)24-20(25)11-21-23-16(13-30-21)12-29-22(26)15-6-7-18-19(10-15)28-9-8-27-18/h2-7,10,13H,8-9,11-12H2,1H3,(H,24,25). The zero-order valence-electron chi connectivity index (χ0n) is 16.3. The number of benzene rings is 2. The molecular formula is C22H20N2O5S. The number of thiazole rings is 1. The van der Waals surface area contributed by atoms with Crippen molar-refractivity contribution in [2.24, 2.45) is 0 Å². The summed E-state index contributed by atoms with van der Waals surface area (Å²) in [6.07, 6.45) is 0.162. The largest absolute Gasteiger partial charge is 0.486 e. The molecular weight excluding hydrogens is 404 g/mol. The van der Waals surface area contributed by atoms with Crippen molar-refractivity contribution in [1.82, 2.24) is 4.98 Å². The van der Waals surface area contributed by atoms with Gasteiger partial charge < -0.3 is 19.5 Å². The number of aromatic nitrogens is 1. The summed E-state index contributed by atoms with van der Waals surface area (Å²) in [5.41, 5.74) is 2.77. The van der Waals surface area contributed by atoms with E-state index in [-0.39, 0.29) is 18.9 Å². The fourth-order valence-corrected chi connectivity index (χ4v) is 3.71. The minimum absolute atomic E-state index is 0.0309. The van der Waals surface area contributed by atoms with Gasteiger partial charge >= 0.3 is 5.97 Å². The van der Waals surface area contributed by atoms with E-state index >= 15 is 0 Å². The van der Waals surface area contributed by atoms with E-state index in [1.54, 1.807) is 23.6 Å². The molecule has 0 aliphatic carbocycles. The van der Waals surface area contributed by atoms with Gasteiger partial charge in [0.05, 0.1) is 17.7 Å². The van der Waals surface area contributed by atoms with Crippen molar-refractivity contribution < 1.29 is 23.8 Å². The summed E-state index contributed by atoms with van der Waals surface area (Å²) in [5, 5.41) is 5.33. The highest BCUT2D eigenvalue weighted by atomic mass is 32.1. The van der Waals surface area contributed by atoms with Gasteiger partial charge in [-0.2, -0.15) is 0 Å². The number of hydrogen-bond donors (Lipinski definition) is 1. The maximum absolute atomic E-state index is 12.3. The van der Waals surface area contributed by atoms with E-state index in [1.165, 1.54) is 11.3 Å². The highest BCUT2D eigenvalue weighted by molar-refractivity contribution is 7.09. The van der Waals surface area contributed by atoms with Crippen molar-refractivity contribution in [3.8, 4) is 11.5 Å². The third-order valence-corrected chi connectivity index (χ3v) is 5.36. The normalized spacial score (nSPS) is 12.3. The van der Waals surface area contributed by atoms with Gasteiger partial charge in [0.15, 0.2) is 11.5 Å². The molecule has 1 N–H and O–H groups in total. The van der Waals surface area contributed by atoms with Gasteiger partial charge in [-0.25, -0.2) is 9.78 Å². The van der Waals surface area contributed by atoms with Gasteiger partial charge in [0.25, 0.3) is 0 Å². The van der Waals surface area contributed by atoms with Crippen LogP contribution in [0, 0.1) is 6.92 Å². The molecule has 0 atom stereocenters. The van der Waals surface area contributed by atoms with Gasteiger partial charge in [0, 0.05) is 11.1 Å². The first kappa shape index (κ1) is 19.9. The molecule has 2 aromatic carbocycles. The van der Waals surface area contributed by atoms with Crippen LogP contribution in [0.25, 0.3) is 0 Å². The molecule has 1 aliphatic heterocycles. The van der Waals surface area contributed by atoms with Crippen molar-refractivity contribution in [2.75, 3.05) is 18.5 Å². The molecule has 3 aromatic rings. The van der Waals surface area contributed by atoms with Crippen molar-refractivity contribution in [3.63, 3.8) is 0 Å². The van der Waals surface area contributed by atoms with Crippen molar-refractivity contribution in [2.45, 2.75) is 20.0 Å². The number of hydrogen-bond acceptors (Lipinski definition) is 7. The summed E-state index contributed by atoms with van der Waals surface area (Å²) < 4.78 is 16.3. The monoisotopic (exact) mass is 424 g/mol. The third-order valence-electron chi connectivity index (χ3n) is 4.46. The molecule has 30 heavy (non-hydrogen) atoms. The van der Waals surface area contributed by atoms with E-state index in [0.29, 0.717) is 41.0 Å². The summed E-state index contributed by atoms with van der Waals surface area (Å²) in [6.45, 7) is 2.91. The molecule has 1 aliphatic rings. The van der Waals surface area contributed by atoms with Crippen LogP contribution in [-0.4, -0.2) is 30.1 Å². The highest BCUT2D eigenvalue weighted by Gasteiger charge is 2.16. The van der Waals surface area contributed by atoms with Crippen LogP contribution in [0.2, 0.25) is 0 Å². The second kappa shape index (κ2) is 8.96. The minimum atomic E-state index is -0.473. The van der Waals surface area contributed by atoms with Crippen LogP contribution in [0.4, 0.5) is 5.69 Å². The number of para-hydroxylation sites is 1. The van der Waals surface area contributed by atoms with E-state index in [1.807, 2.05) is 31.2 Å². The van der Waals surface area contributed by atoms with Crippen LogP contribution in [-0.2, 0) is 22.6 Å². The number of carbonyl (C=O) groups is 2. The lowest BCUT2D eigenvalue weighted by atomic mass is 10.2. The summed E-state index contributed by atoms with van der Waals surface area (Å²) in [4.78, 5) is 29.0. The topological polar surface area (TPSA) is 86.8 Å². The lowest BCUT2D eigenvalue weighted by Gasteiger charge is -2.18. The SMILES string of the molecule is Cc1ccccc1NC(=O)Cc1nc(COC(=O)c2ccc3c(c2)OCCO3)cs1. The number of aryl methyl sites for hydroxylation is 1. The molecule has 0 saturated carbocycles. The summed E-state index contributed by atoms with van der Waals surface area (Å²) >= 11 is 1.36. The van der Waals surface area contributed by atoms with E-state index in [4.69, 9.17) is 14.2 Å². The molecule has 0 fully saturated rings. The Morgan fingerprint density at radius 3 is 2.77 bits per heavy atom. The van der Waals surface area contributed by atoms with E-state index in [2.05, 4.69) is 10.3 Å². The number of esters is 1. The van der Waals surface area contributed by atoms with Crippen LogP contribution in [0.15, 0.2) is 47.8 Å². The fourth-order valence-electron chi connectivity index (χ4n) is 2.93. The Bertz CT molecular complexity index is 1080. The number of ether oxygens (including phenoxy) is 3. The molecule has 154 valence electrons. The predicted molar refractivity (Wildman–Crippen MR) is 112 cm³/mol. The molecule has 0 unspecified atom stereocenters. The van der Waals surface area contributed by atoms with Crippen molar-refractivity contribution >= 4 is 28.9 Å². The molecule has 0 spiro atoms. The predicted octanol–water partition coefficient (Wildman–Crippen LogP) is 3.76. The van der Waals surface area contributed by atoms with Gasteiger partial charge in [-0.15, -0.1) is 11.3 Å². The first-order valence-electron chi connectivity index (χ1n) is 9.44. The Morgan fingerprint density at radius 2 is 1.93 bits per heavy atom. The third kappa shape index (κ3) is 4.77. The molecule has 2 heterocycles. The van der Waals surface area contributed by atoms with E-state index in [0.717, 1.165) is 11.3 Å². The first-order chi connectivity index (χ1) is 14.6. The maximum atomic E-state index is 12.3. The van der Waals surface area contributed by atoms with Crippen LogP contribution < -0.4 is 14.8 Å². The van der Waals surface area contributed by atoms with Gasteiger partial charge in [-0.3, -0.25) is 4.79 Å². The van der Waals surface area contributed by atoms with Crippen molar-refractivity contribution in [3.05, 3.63) is 69.7 Å². The Hall–Kier alpha value is -3.39. The molecule has 0 bridgehead atoms. The average molecular weight is 424 g/mol. The summed E-state index contributed by atoms with van der Waals surface area (Å²) in [5.74, 6) is 0.537. The summed E-state index contributed by atoms with van der Waals surface area (Å²) in [7, 11) is 0. The Morgan fingerprint density at radius 1 is 1.13 bits per heavy atom. The van der Waals surface area contributed by atoms with Gasteiger partial charge in [0.2, 0.25) is 5.91 Å². The lowest BCUT2D eigenvalue weighted by Crippen LogP contribution is -2.16. The number of fused-ring (bicyclic) bond motifs is 1. The quantitative estimate of drug-likeness (QED) is 0.607. The minimum Gasteiger partial charge on any atom is -0.486 e. The van der Waals surface area contributed by atoms with E-state index < -0.39 is 5.97 Å². The zero-order chi connectivity index (χ0) is 20.9. The zero-order valence-corrected chi connectivity index (χ0v) is 17.2. The summed E-state index contributed by atoms with van der Waals surface area (Å²) in [6, 6.07) is 12.5. The number of amides is 1. The molecule has 8 heteroatoms.